The predicted molar refractivity (Wildman–Crippen MR) is 163 cm³/mol. The number of nitrogens with zero attached hydrogens (tertiary/aromatic N) is 1. The number of carbonyl (C=O) groups excluding carboxylic acids is 3. The summed E-state index contributed by atoms with van der Waals surface area (Å²) in [6, 6.07) is 25.6. The van der Waals surface area contributed by atoms with Gasteiger partial charge in [-0.15, -0.1) is 0 Å². The van der Waals surface area contributed by atoms with E-state index in [1.807, 2.05) is 0 Å². The first-order chi connectivity index (χ1) is 20.4. The van der Waals surface area contributed by atoms with Gasteiger partial charge in [0.2, 0.25) is 6.79 Å². The molecule has 0 saturated carbocycles. The van der Waals surface area contributed by atoms with E-state index in [0.29, 0.717) is 42.7 Å². The summed E-state index contributed by atoms with van der Waals surface area (Å²) in [5.41, 5.74) is 4.10. The summed E-state index contributed by atoms with van der Waals surface area (Å²) in [5.74, 6) is -0.417. The Morgan fingerprint density at radius 2 is 1.52 bits per heavy atom. The van der Waals surface area contributed by atoms with E-state index >= 15 is 0 Å². The first kappa shape index (κ1) is 28.8. The Bertz CT molecular complexity index is 1710. The van der Waals surface area contributed by atoms with Crippen LogP contribution in [0.1, 0.15) is 31.8 Å². The number of hydrogen-bond acceptors (Lipinski definition) is 7. The Hall–Kier alpha value is -4.74. The summed E-state index contributed by atoms with van der Waals surface area (Å²) in [7, 11) is 0. The van der Waals surface area contributed by atoms with Gasteiger partial charge in [0.15, 0.2) is 17.2 Å². The van der Waals surface area contributed by atoms with Crippen molar-refractivity contribution in [1.29, 1.82) is 0 Å². The molecule has 210 valence electrons. The van der Waals surface area contributed by atoms with Gasteiger partial charge >= 0.3 is 5.97 Å². The molecule has 5 rings (SSSR count). The molecule has 4 aromatic rings. The van der Waals surface area contributed by atoms with Crippen LogP contribution in [0.15, 0.2) is 111 Å². The summed E-state index contributed by atoms with van der Waals surface area (Å²) in [5, 5.41) is 6.72. The number of halogens is 2. The van der Waals surface area contributed by atoms with E-state index in [1.165, 1.54) is 12.3 Å². The highest BCUT2D eigenvalue weighted by Crippen LogP contribution is 2.34. The van der Waals surface area contributed by atoms with Gasteiger partial charge in [-0.3, -0.25) is 9.59 Å². The highest BCUT2D eigenvalue weighted by Gasteiger charge is 2.18. The van der Waals surface area contributed by atoms with Crippen molar-refractivity contribution in [3.05, 3.63) is 128 Å². The van der Waals surface area contributed by atoms with Crippen molar-refractivity contribution >= 4 is 61.9 Å². The van der Waals surface area contributed by atoms with Crippen LogP contribution in [0, 0.1) is 0 Å². The molecule has 4 aromatic carbocycles. The SMILES string of the molecule is O=C(NN=Cc1cc(Br)cc(Br)c1OC(=O)c1ccccc1)C(=Cc1ccc2c(c1)OCO2)NC(=O)c1ccccc1. The number of amides is 2. The molecule has 2 amide bonds. The van der Waals surface area contributed by atoms with Crippen molar-refractivity contribution in [2.24, 2.45) is 5.10 Å². The van der Waals surface area contributed by atoms with Crippen LogP contribution >= 0.6 is 31.9 Å². The van der Waals surface area contributed by atoms with E-state index in [2.05, 4.69) is 47.7 Å². The quantitative estimate of drug-likeness (QED) is 0.0762. The lowest BCUT2D eigenvalue weighted by atomic mass is 10.1. The van der Waals surface area contributed by atoms with Crippen LogP contribution in [0.25, 0.3) is 6.08 Å². The molecule has 0 aliphatic carbocycles. The average Bonchev–Trinajstić information content (AvgIpc) is 3.47. The van der Waals surface area contributed by atoms with Gasteiger partial charge in [-0.25, -0.2) is 10.2 Å². The number of hydrazone groups is 1. The number of ether oxygens (including phenoxy) is 3. The maximum absolute atomic E-state index is 13.3. The first-order valence-electron chi connectivity index (χ1n) is 12.4. The monoisotopic (exact) mass is 689 g/mol. The van der Waals surface area contributed by atoms with Crippen molar-refractivity contribution in [2.45, 2.75) is 0 Å². The molecule has 0 saturated heterocycles. The summed E-state index contributed by atoms with van der Waals surface area (Å²) in [4.78, 5) is 38.9. The smallest absolute Gasteiger partial charge is 0.343 e. The van der Waals surface area contributed by atoms with Crippen LogP contribution in [0.2, 0.25) is 0 Å². The lowest BCUT2D eigenvalue weighted by molar-refractivity contribution is -0.117. The van der Waals surface area contributed by atoms with Gasteiger partial charge in [-0.2, -0.15) is 5.10 Å². The molecule has 0 atom stereocenters. The van der Waals surface area contributed by atoms with Crippen molar-refractivity contribution in [1.82, 2.24) is 10.7 Å². The molecule has 1 heterocycles. The Kier molecular flexibility index (Phi) is 9.10. The molecular formula is C31H21Br2N3O6. The minimum Gasteiger partial charge on any atom is -0.454 e. The minimum atomic E-state index is -0.690. The van der Waals surface area contributed by atoms with Crippen LogP contribution in [-0.2, 0) is 4.79 Å². The van der Waals surface area contributed by atoms with Gasteiger partial charge < -0.3 is 19.5 Å². The van der Waals surface area contributed by atoms with Crippen LogP contribution in [0.5, 0.6) is 17.2 Å². The zero-order valence-corrected chi connectivity index (χ0v) is 24.8. The number of fused-ring (bicyclic) bond motifs is 1. The van der Waals surface area contributed by atoms with Gasteiger partial charge in [-0.1, -0.05) is 58.4 Å². The third-order valence-electron chi connectivity index (χ3n) is 5.85. The second kappa shape index (κ2) is 13.3. The van der Waals surface area contributed by atoms with Gasteiger partial charge in [0.25, 0.3) is 11.8 Å². The molecule has 1 aliphatic heterocycles. The van der Waals surface area contributed by atoms with Gasteiger partial charge in [0.05, 0.1) is 16.3 Å². The summed E-state index contributed by atoms with van der Waals surface area (Å²) >= 11 is 6.83. The fourth-order valence-corrected chi connectivity index (χ4v) is 5.18. The minimum absolute atomic E-state index is 0.0639. The molecular weight excluding hydrogens is 670 g/mol. The molecule has 0 aromatic heterocycles. The molecule has 2 N–H and O–H groups in total. The molecule has 0 fully saturated rings. The lowest BCUT2D eigenvalue weighted by Gasteiger charge is -2.11. The van der Waals surface area contributed by atoms with Gasteiger partial charge in [0, 0.05) is 15.6 Å². The fourth-order valence-electron chi connectivity index (χ4n) is 3.84. The number of carbonyl (C=O) groups is 3. The van der Waals surface area contributed by atoms with E-state index in [9.17, 15) is 14.4 Å². The number of esters is 1. The molecule has 42 heavy (non-hydrogen) atoms. The molecule has 0 spiro atoms. The lowest BCUT2D eigenvalue weighted by Crippen LogP contribution is -2.32. The third kappa shape index (κ3) is 7.12. The molecule has 9 nitrogen and oxygen atoms in total. The van der Waals surface area contributed by atoms with Gasteiger partial charge in [-0.05, 0) is 76.1 Å². The highest BCUT2D eigenvalue weighted by atomic mass is 79.9. The van der Waals surface area contributed by atoms with Crippen LogP contribution in [0.3, 0.4) is 0 Å². The second-order valence-electron chi connectivity index (χ2n) is 8.75. The van der Waals surface area contributed by atoms with Crippen molar-refractivity contribution in [3.8, 4) is 17.2 Å². The number of rotatable bonds is 8. The standard InChI is InChI=1S/C31H21Br2N3O6/c32-23-15-22(28(24(33)16-23)42-31(39)21-9-5-2-6-10-21)17-34-36-30(38)25(35-29(37)20-7-3-1-4-8-20)13-19-11-12-26-27(14-19)41-18-40-26/h1-17H,18H2,(H,35,37)(H,36,38). The van der Waals surface area contributed by atoms with Crippen LogP contribution in [0.4, 0.5) is 0 Å². The Morgan fingerprint density at radius 1 is 0.833 bits per heavy atom. The zero-order chi connectivity index (χ0) is 29.5. The van der Waals surface area contributed by atoms with Crippen molar-refractivity contribution < 1.29 is 28.6 Å². The normalized spacial score (nSPS) is 12.2. The number of benzene rings is 4. The Balaban J connectivity index is 1.38. The zero-order valence-electron chi connectivity index (χ0n) is 21.7. The first-order valence-corrected chi connectivity index (χ1v) is 14.0. The van der Waals surface area contributed by atoms with Crippen molar-refractivity contribution in [3.63, 3.8) is 0 Å². The summed E-state index contributed by atoms with van der Waals surface area (Å²) in [6.07, 6.45) is 2.83. The molecule has 1 aliphatic rings. The maximum atomic E-state index is 13.3. The van der Waals surface area contributed by atoms with Crippen LogP contribution in [-0.4, -0.2) is 30.8 Å². The largest absolute Gasteiger partial charge is 0.454 e. The topological polar surface area (TPSA) is 115 Å². The average molecular weight is 691 g/mol. The Morgan fingerprint density at radius 3 is 2.26 bits per heavy atom. The second-order valence-corrected chi connectivity index (χ2v) is 10.5. The third-order valence-corrected chi connectivity index (χ3v) is 6.89. The van der Waals surface area contributed by atoms with E-state index in [1.54, 1.807) is 91.0 Å². The summed E-state index contributed by atoms with van der Waals surface area (Å²) in [6.45, 7) is 0.101. The number of hydrogen-bond donors (Lipinski definition) is 2. The predicted octanol–water partition coefficient (Wildman–Crippen LogP) is 6.08. The molecule has 11 heteroatoms. The molecule has 0 radical (unpaired) electrons. The van der Waals surface area contributed by atoms with Crippen LogP contribution < -0.4 is 25.0 Å². The van der Waals surface area contributed by atoms with Crippen molar-refractivity contribution in [2.75, 3.05) is 6.79 Å². The Labute approximate surface area is 257 Å². The van der Waals surface area contributed by atoms with E-state index in [-0.39, 0.29) is 18.2 Å². The molecule has 0 bridgehead atoms. The maximum Gasteiger partial charge on any atom is 0.343 e. The van der Waals surface area contributed by atoms with Gasteiger partial charge in [0.1, 0.15) is 5.70 Å². The van der Waals surface area contributed by atoms with E-state index < -0.39 is 17.8 Å². The molecule has 0 unspecified atom stereocenters. The number of nitrogens with one attached hydrogen (secondary N) is 2. The highest BCUT2D eigenvalue weighted by molar-refractivity contribution is 9.11. The fraction of sp³-hybridized carbons (Fsp3) is 0.0323. The summed E-state index contributed by atoms with van der Waals surface area (Å²) < 4.78 is 17.6. The van der Waals surface area contributed by atoms with E-state index in [0.717, 1.165) is 0 Å². The van der Waals surface area contributed by atoms with E-state index in [4.69, 9.17) is 14.2 Å².